The van der Waals surface area contributed by atoms with Gasteiger partial charge in [-0.05, 0) is 30.8 Å². The number of H-pyrrole nitrogens is 1. The van der Waals surface area contributed by atoms with E-state index in [2.05, 4.69) is 29.1 Å². The van der Waals surface area contributed by atoms with Crippen LogP contribution in [0.15, 0.2) is 30.3 Å². The third kappa shape index (κ3) is 10.3. The van der Waals surface area contributed by atoms with Crippen LogP contribution in [0.1, 0.15) is 109 Å². The largest absolute Gasteiger partial charge is 0.266 e. The van der Waals surface area contributed by atoms with Crippen LogP contribution in [-0.4, -0.2) is 14.8 Å². The molecule has 0 saturated heterocycles. The number of unbranched alkanes of at least 4 members (excludes halogenated alkanes) is 14. The van der Waals surface area contributed by atoms with Crippen molar-refractivity contribution in [2.24, 2.45) is 0 Å². The van der Waals surface area contributed by atoms with Crippen LogP contribution in [0.4, 0.5) is 0 Å². The third-order valence-electron chi connectivity index (χ3n) is 5.71. The lowest BCUT2D eigenvalue weighted by Crippen LogP contribution is -2.03. The summed E-state index contributed by atoms with van der Waals surface area (Å²) in [6, 6.07) is 10.3. The summed E-state index contributed by atoms with van der Waals surface area (Å²) >= 11 is 5.24. The van der Waals surface area contributed by atoms with Crippen molar-refractivity contribution in [1.82, 2.24) is 14.8 Å². The van der Waals surface area contributed by atoms with Crippen molar-refractivity contribution in [3.63, 3.8) is 0 Å². The topological polar surface area (TPSA) is 33.6 Å². The Morgan fingerprint density at radius 2 is 1.21 bits per heavy atom. The van der Waals surface area contributed by atoms with Crippen LogP contribution < -0.4 is 0 Å². The van der Waals surface area contributed by atoms with Crippen LogP contribution in [0.25, 0.3) is 5.69 Å². The lowest BCUT2D eigenvalue weighted by molar-refractivity contribution is 0.531. The van der Waals surface area contributed by atoms with Gasteiger partial charge < -0.3 is 0 Å². The van der Waals surface area contributed by atoms with Gasteiger partial charge in [0, 0.05) is 6.42 Å². The molecule has 0 bridgehead atoms. The maximum Gasteiger partial charge on any atom is 0.213 e. The predicted molar refractivity (Wildman–Crippen MR) is 127 cm³/mol. The number of benzene rings is 1. The summed E-state index contributed by atoms with van der Waals surface area (Å²) in [5.41, 5.74) is 1.10. The molecule has 2 rings (SSSR count). The van der Waals surface area contributed by atoms with E-state index in [0.717, 1.165) is 17.9 Å². The lowest BCUT2D eigenvalue weighted by atomic mass is 10.0. The van der Waals surface area contributed by atoms with Gasteiger partial charge in [-0.25, -0.2) is 9.67 Å². The van der Waals surface area contributed by atoms with E-state index in [1.54, 1.807) is 0 Å². The highest BCUT2D eigenvalue weighted by Gasteiger charge is 2.06. The molecule has 0 saturated carbocycles. The molecule has 0 aliphatic carbocycles. The molecule has 2 aromatic rings. The Balaban J connectivity index is 1.46. The molecule has 1 N–H and O–H groups in total. The standard InChI is InChI=1S/C25H41N3S/c1-2-3-4-5-6-7-8-9-10-11-12-13-14-15-19-22-24-26-25(29)27-28(24)23-20-17-16-18-21-23/h16-18,20-21H,2-15,19,22H2,1H3,(H,27,29). The molecule has 0 spiro atoms. The van der Waals surface area contributed by atoms with E-state index in [4.69, 9.17) is 12.2 Å². The van der Waals surface area contributed by atoms with Crippen LogP contribution in [0.2, 0.25) is 0 Å². The zero-order valence-corrected chi connectivity index (χ0v) is 19.3. The molecule has 0 aliphatic heterocycles. The first-order chi connectivity index (χ1) is 14.3. The van der Waals surface area contributed by atoms with E-state index in [-0.39, 0.29) is 0 Å². The Morgan fingerprint density at radius 1 is 0.724 bits per heavy atom. The second-order valence-electron chi connectivity index (χ2n) is 8.32. The minimum atomic E-state index is 0.574. The van der Waals surface area contributed by atoms with Gasteiger partial charge in [0.15, 0.2) is 0 Å². The second kappa shape index (κ2) is 15.4. The zero-order valence-electron chi connectivity index (χ0n) is 18.5. The number of para-hydroxylation sites is 1. The van der Waals surface area contributed by atoms with Gasteiger partial charge >= 0.3 is 0 Å². The quantitative estimate of drug-likeness (QED) is 0.208. The maximum atomic E-state index is 5.24. The molecule has 162 valence electrons. The average molecular weight is 416 g/mol. The molecule has 1 aromatic heterocycles. The molecule has 0 aliphatic rings. The summed E-state index contributed by atoms with van der Waals surface area (Å²) < 4.78 is 2.61. The molecule has 0 unspecified atom stereocenters. The third-order valence-corrected chi connectivity index (χ3v) is 5.90. The molecule has 1 aromatic carbocycles. The highest BCUT2D eigenvalue weighted by atomic mass is 32.1. The van der Waals surface area contributed by atoms with Gasteiger partial charge in [0.25, 0.3) is 0 Å². The fourth-order valence-electron chi connectivity index (χ4n) is 3.97. The first-order valence-electron chi connectivity index (χ1n) is 12.0. The number of rotatable bonds is 17. The number of nitrogens with one attached hydrogen (secondary N) is 1. The Hall–Kier alpha value is -1.42. The number of aromatic amines is 1. The van der Waals surface area contributed by atoms with Crippen molar-refractivity contribution < 1.29 is 0 Å². The lowest BCUT2D eigenvalue weighted by Gasteiger charge is -2.07. The Labute approximate surface area is 183 Å². The van der Waals surface area contributed by atoms with E-state index in [9.17, 15) is 0 Å². The van der Waals surface area contributed by atoms with Crippen molar-refractivity contribution in [2.45, 2.75) is 110 Å². The van der Waals surface area contributed by atoms with Gasteiger partial charge in [-0.3, -0.25) is 5.10 Å². The van der Waals surface area contributed by atoms with Crippen LogP contribution >= 0.6 is 12.2 Å². The molecule has 0 fully saturated rings. The molecule has 1 heterocycles. The monoisotopic (exact) mass is 415 g/mol. The number of nitrogens with zero attached hydrogens (tertiary/aromatic N) is 2. The minimum absolute atomic E-state index is 0.574. The molecule has 0 atom stereocenters. The molecule has 29 heavy (non-hydrogen) atoms. The molecule has 0 amide bonds. The highest BCUT2D eigenvalue weighted by molar-refractivity contribution is 7.71. The molecular formula is C25H41N3S. The SMILES string of the molecule is CCCCCCCCCCCCCCCCCc1nc(=S)[nH]n1-c1ccccc1. The van der Waals surface area contributed by atoms with Gasteiger partial charge in [0.05, 0.1) is 5.69 Å². The minimum Gasteiger partial charge on any atom is -0.266 e. The summed E-state index contributed by atoms with van der Waals surface area (Å²) in [6.07, 6.45) is 21.9. The number of hydrogen-bond acceptors (Lipinski definition) is 2. The van der Waals surface area contributed by atoms with Crippen molar-refractivity contribution in [1.29, 1.82) is 0 Å². The average Bonchev–Trinajstić information content (AvgIpc) is 3.12. The summed E-state index contributed by atoms with van der Waals surface area (Å²) in [4.78, 5) is 4.51. The van der Waals surface area contributed by atoms with Crippen LogP contribution in [0.3, 0.4) is 0 Å². The fourth-order valence-corrected chi connectivity index (χ4v) is 4.16. The molecular weight excluding hydrogens is 374 g/mol. The van der Waals surface area contributed by atoms with Gasteiger partial charge in [0.1, 0.15) is 5.82 Å². The van der Waals surface area contributed by atoms with E-state index in [0.29, 0.717) is 4.77 Å². The van der Waals surface area contributed by atoms with E-state index in [1.807, 2.05) is 22.9 Å². The first kappa shape index (κ1) is 23.9. The van der Waals surface area contributed by atoms with Crippen LogP contribution in [-0.2, 0) is 6.42 Å². The summed E-state index contributed by atoms with van der Waals surface area (Å²) in [5.74, 6) is 1.05. The molecule has 0 radical (unpaired) electrons. The normalized spacial score (nSPS) is 11.2. The Kier molecular flexibility index (Phi) is 12.7. The van der Waals surface area contributed by atoms with E-state index >= 15 is 0 Å². The van der Waals surface area contributed by atoms with Crippen molar-refractivity contribution in [2.75, 3.05) is 0 Å². The zero-order chi connectivity index (χ0) is 20.6. The van der Waals surface area contributed by atoms with Gasteiger partial charge in [-0.15, -0.1) is 0 Å². The summed E-state index contributed by atoms with van der Waals surface area (Å²) in [5, 5.41) is 3.18. The smallest absolute Gasteiger partial charge is 0.213 e. The van der Waals surface area contributed by atoms with Crippen molar-refractivity contribution in [3.8, 4) is 5.69 Å². The predicted octanol–water partition coefficient (Wildman–Crippen LogP) is 8.34. The van der Waals surface area contributed by atoms with Gasteiger partial charge in [-0.2, -0.15) is 0 Å². The van der Waals surface area contributed by atoms with Crippen molar-refractivity contribution >= 4 is 12.2 Å². The van der Waals surface area contributed by atoms with Crippen molar-refractivity contribution in [3.05, 3.63) is 40.9 Å². The molecule has 3 nitrogen and oxygen atoms in total. The highest BCUT2D eigenvalue weighted by Crippen LogP contribution is 2.15. The fraction of sp³-hybridized carbons (Fsp3) is 0.680. The van der Waals surface area contributed by atoms with Crippen LogP contribution in [0, 0.1) is 4.77 Å². The summed E-state index contributed by atoms with van der Waals surface area (Å²) in [7, 11) is 0. The second-order valence-corrected chi connectivity index (χ2v) is 8.70. The number of hydrogen-bond donors (Lipinski definition) is 1. The van der Waals surface area contributed by atoms with E-state index < -0.39 is 0 Å². The first-order valence-corrected chi connectivity index (χ1v) is 12.5. The van der Waals surface area contributed by atoms with E-state index in [1.165, 1.54) is 96.3 Å². The molecule has 4 heteroatoms. The Bertz CT molecular complexity index is 690. The number of aromatic nitrogens is 3. The number of aryl methyl sites for hydroxylation is 1. The maximum absolute atomic E-state index is 5.24. The Morgan fingerprint density at radius 3 is 1.72 bits per heavy atom. The van der Waals surface area contributed by atoms with Gasteiger partial charge in [-0.1, -0.05) is 115 Å². The summed E-state index contributed by atoms with van der Waals surface area (Å²) in [6.45, 7) is 2.29. The van der Waals surface area contributed by atoms with Gasteiger partial charge in [0.2, 0.25) is 4.77 Å². The van der Waals surface area contributed by atoms with Crippen LogP contribution in [0.5, 0.6) is 0 Å².